The summed E-state index contributed by atoms with van der Waals surface area (Å²) in [5.74, 6) is 0.584. The summed E-state index contributed by atoms with van der Waals surface area (Å²) in [6.45, 7) is 3.04. The van der Waals surface area contributed by atoms with Gasteiger partial charge in [0.2, 0.25) is 5.82 Å². The zero-order valence-corrected chi connectivity index (χ0v) is 21.0. The lowest BCUT2D eigenvalue weighted by Crippen LogP contribution is -2.47. The topological polar surface area (TPSA) is 88.8 Å². The van der Waals surface area contributed by atoms with Gasteiger partial charge in [0, 0.05) is 30.4 Å². The summed E-state index contributed by atoms with van der Waals surface area (Å²) < 4.78 is 5.68. The highest BCUT2D eigenvalue weighted by molar-refractivity contribution is 9.10. The number of benzene rings is 1. The smallest absolute Gasteiger partial charge is 0.325 e. The summed E-state index contributed by atoms with van der Waals surface area (Å²) in [6, 6.07) is 13.9. The lowest BCUT2D eigenvalue weighted by Gasteiger charge is -2.41. The van der Waals surface area contributed by atoms with Gasteiger partial charge in [0.1, 0.15) is 11.1 Å². The van der Waals surface area contributed by atoms with Gasteiger partial charge >= 0.3 is 11.7 Å². The molecular weight excluding hydrogens is 500 g/mol. The molecule has 0 saturated heterocycles. The van der Waals surface area contributed by atoms with Crippen molar-refractivity contribution in [3.63, 3.8) is 0 Å². The molecule has 1 aromatic carbocycles. The second-order valence-electron chi connectivity index (χ2n) is 9.06. The van der Waals surface area contributed by atoms with Crippen LogP contribution in [0.2, 0.25) is 0 Å². The number of nitrogens with zero attached hydrogens (tertiary/aromatic N) is 4. The highest BCUT2D eigenvalue weighted by Gasteiger charge is 2.35. The first kappa shape index (κ1) is 24.4. The minimum Gasteiger partial charge on any atom is -0.465 e. The Morgan fingerprint density at radius 1 is 1.06 bits per heavy atom. The highest BCUT2D eigenvalue weighted by Crippen LogP contribution is 2.38. The van der Waals surface area contributed by atoms with E-state index in [1.54, 1.807) is 17.9 Å². The fourth-order valence-electron chi connectivity index (χ4n) is 4.84. The van der Waals surface area contributed by atoms with E-state index in [-0.39, 0.29) is 30.7 Å². The highest BCUT2D eigenvalue weighted by atomic mass is 79.9. The molecule has 2 aliphatic carbocycles. The molecule has 0 spiro atoms. The van der Waals surface area contributed by atoms with E-state index in [2.05, 4.69) is 50.1 Å². The minimum absolute atomic E-state index is 0.0281. The first-order valence-corrected chi connectivity index (χ1v) is 12.8. The Bertz CT molecular complexity index is 994. The van der Waals surface area contributed by atoms with Crippen molar-refractivity contribution in [2.24, 2.45) is 5.92 Å². The van der Waals surface area contributed by atoms with Crippen LogP contribution in [0.4, 0.5) is 17.2 Å². The Labute approximate surface area is 208 Å². The van der Waals surface area contributed by atoms with E-state index in [4.69, 9.17) is 4.74 Å². The fraction of sp³-hybridized carbons (Fsp3) is 0.520. The van der Waals surface area contributed by atoms with Gasteiger partial charge in [-0.3, -0.25) is 14.9 Å². The first-order valence-electron chi connectivity index (χ1n) is 12.0. The molecule has 2 aliphatic rings. The van der Waals surface area contributed by atoms with Crippen LogP contribution in [0.25, 0.3) is 0 Å². The molecule has 0 bridgehead atoms. The third-order valence-corrected chi connectivity index (χ3v) is 7.12. The molecule has 0 aliphatic heterocycles. The summed E-state index contributed by atoms with van der Waals surface area (Å²) in [6.07, 6.45) is 6.14. The Morgan fingerprint density at radius 2 is 1.71 bits per heavy atom. The van der Waals surface area contributed by atoms with Gasteiger partial charge in [-0.05, 0) is 85.5 Å². The Morgan fingerprint density at radius 3 is 2.29 bits per heavy atom. The van der Waals surface area contributed by atoms with Gasteiger partial charge in [0.05, 0.1) is 11.5 Å². The third kappa shape index (κ3) is 6.05. The van der Waals surface area contributed by atoms with Crippen LogP contribution in [0.3, 0.4) is 0 Å². The average Bonchev–Trinajstić information content (AvgIpc) is 3.66. The van der Waals surface area contributed by atoms with Crippen LogP contribution in [0, 0.1) is 16.0 Å². The quantitative estimate of drug-likeness (QED) is 0.177. The van der Waals surface area contributed by atoms with E-state index >= 15 is 0 Å². The predicted molar refractivity (Wildman–Crippen MR) is 135 cm³/mol. The molecular formula is C25H31BrN4O4. The minimum atomic E-state index is -0.439. The molecule has 0 radical (unpaired) electrons. The molecule has 9 heteroatoms. The van der Waals surface area contributed by atoms with Crippen molar-refractivity contribution >= 4 is 39.1 Å². The SMILES string of the molecule is CCOC(=O)CN(c1nc(Br)ccc1[N+](=O)[O-])C1CCC(N(CC2CC2)c2ccccc2)CC1. The average molecular weight is 531 g/mol. The van der Waals surface area contributed by atoms with Crippen molar-refractivity contribution in [2.45, 2.75) is 57.5 Å². The molecule has 0 atom stereocenters. The normalized spacial score (nSPS) is 19.9. The van der Waals surface area contributed by atoms with E-state index in [0.717, 1.165) is 38.1 Å². The number of para-hydroxylation sites is 1. The molecule has 2 fully saturated rings. The van der Waals surface area contributed by atoms with Crippen molar-refractivity contribution in [3.05, 3.63) is 57.2 Å². The number of anilines is 2. The van der Waals surface area contributed by atoms with Gasteiger partial charge < -0.3 is 14.5 Å². The third-order valence-electron chi connectivity index (χ3n) is 6.68. The summed E-state index contributed by atoms with van der Waals surface area (Å²) in [5, 5.41) is 11.7. The summed E-state index contributed by atoms with van der Waals surface area (Å²) >= 11 is 3.33. The molecule has 1 aromatic heterocycles. The van der Waals surface area contributed by atoms with Crippen molar-refractivity contribution in [1.82, 2.24) is 4.98 Å². The van der Waals surface area contributed by atoms with Crippen LogP contribution in [0.1, 0.15) is 45.4 Å². The second kappa shape index (κ2) is 11.2. The first-order chi connectivity index (χ1) is 16.5. The maximum Gasteiger partial charge on any atom is 0.325 e. The Kier molecular flexibility index (Phi) is 8.03. The fourth-order valence-corrected chi connectivity index (χ4v) is 5.14. The molecule has 0 N–H and O–H groups in total. The number of carbonyl (C=O) groups is 1. The number of halogens is 1. The predicted octanol–water partition coefficient (Wildman–Crippen LogP) is 5.35. The van der Waals surface area contributed by atoms with E-state index in [1.807, 2.05) is 6.07 Å². The van der Waals surface area contributed by atoms with Gasteiger partial charge in [0.15, 0.2) is 0 Å². The van der Waals surface area contributed by atoms with Crippen LogP contribution < -0.4 is 9.80 Å². The van der Waals surface area contributed by atoms with Crippen molar-refractivity contribution in [2.75, 3.05) is 29.5 Å². The lowest BCUT2D eigenvalue weighted by molar-refractivity contribution is -0.384. The summed E-state index contributed by atoms with van der Waals surface area (Å²) in [4.78, 5) is 32.5. The number of carbonyl (C=O) groups excluding carboxylic acids is 1. The van der Waals surface area contributed by atoms with Gasteiger partial charge in [-0.15, -0.1) is 0 Å². The monoisotopic (exact) mass is 530 g/mol. The molecule has 2 aromatic rings. The zero-order valence-electron chi connectivity index (χ0n) is 19.4. The summed E-state index contributed by atoms with van der Waals surface area (Å²) in [7, 11) is 0. The number of pyridine rings is 1. The Hall–Kier alpha value is -2.68. The second-order valence-corrected chi connectivity index (χ2v) is 9.87. The molecule has 0 amide bonds. The number of ether oxygens (including phenoxy) is 1. The largest absolute Gasteiger partial charge is 0.465 e. The maximum absolute atomic E-state index is 12.4. The summed E-state index contributed by atoms with van der Waals surface area (Å²) in [5.41, 5.74) is 1.15. The molecule has 34 heavy (non-hydrogen) atoms. The van der Waals surface area contributed by atoms with Crippen LogP contribution in [-0.2, 0) is 9.53 Å². The number of esters is 1. The molecule has 182 valence electrons. The number of hydrogen-bond donors (Lipinski definition) is 0. The van der Waals surface area contributed by atoms with Crippen molar-refractivity contribution < 1.29 is 14.5 Å². The van der Waals surface area contributed by atoms with Crippen molar-refractivity contribution in [1.29, 1.82) is 0 Å². The van der Waals surface area contributed by atoms with Crippen molar-refractivity contribution in [3.8, 4) is 0 Å². The molecule has 0 unspecified atom stereocenters. The van der Waals surface area contributed by atoms with Crippen LogP contribution in [0.15, 0.2) is 47.1 Å². The number of aromatic nitrogens is 1. The Balaban J connectivity index is 1.54. The number of hydrogen-bond acceptors (Lipinski definition) is 7. The zero-order chi connectivity index (χ0) is 24.1. The number of nitro groups is 1. The molecule has 1 heterocycles. The van der Waals surface area contributed by atoms with Crippen LogP contribution in [0.5, 0.6) is 0 Å². The lowest BCUT2D eigenvalue weighted by atomic mass is 9.88. The van der Waals surface area contributed by atoms with E-state index in [0.29, 0.717) is 10.6 Å². The van der Waals surface area contributed by atoms with Crippen LogP contribution >= 0.6 is 15.9 Å². The van der Waals surface area contributed by atoms with Crippen LogP contribution in [-0.4, -0.2) is 47.7 Å². The number of rotatable bonds is 10. The molecule has 4 rings (SSSR count). The standard InChI is InChI=1S/C25H31BrN4O4/c1-2-34-24(31)17-29(25-22(30(32)33)14-15-23(26)27-25)21-12-10-20(11-13-21)28(16-18-8-9-18)19-6-4-3-5-7-19/h3-7,14-15,18,20-21H,2,8-13,16-17H2,1H3. The van der Waals surface area contributed by atoms with E-state index in [1.165, 1.54) is 24.6 Å². The van der Waals surface area contributed by atoms with Gasteiger partial charge in [-0.2, -0.15) is 0 Å². The molecule has 2 saturated carbocycles. The van der Waals surface area contributed by atoms with E-state index in [9.17, 15) is 14.9 Å². The maximum atomic E-state index is 12.4. The van der Waals surface area contributed by atoms with Gasteiger partial charge in [-0.25, -0.2) is 4.98 Å². The molecule has 8 nitrogen and oxygen atoms in total. The van der Waals surface area contributed by atoms with E-state index < -0.39 is 10.9 Å². The van der Waals surface area contributed by atoms with Gasteiger partial charge in [0.25, 0.3) is 0 Å². The van der Waals surface area contributed by atoms with Gasteiger partial charge in [-0.1, -0.05) is 18.2 Å².